The van der Waals surface area contributed by atoms with Crippen molar-refractivity contribution < 1.29 is 63.3 Å². The third-order valence-corrected chi connectivity index (χ3v) is 17.0. The van der Waals surface area contributed by atoms with E-state index >= 15 is 0 Å². The van der Waals surface area contributed by atoms with Gasteiger partial charge in [-0.25, -0.2) is 9.36 Å². The van der Waals surface area contributed by atoms with Crippen LogP contribution in [0.25, 0.3) is 0 Å². The second kappa shape index (κ2) is 43.1. The molecule has 4 fully saturated rings. The van der Waals surface area contributed by atoms with Crippen LogP contribution in [0.2, 0.25) is 20.1 Å². The van der Waals surface area contributed by atoms with Gasteiger partial charge in [-0.3, -0.25) is 38.7 Å². The number of nitrogens with two attached hydrogens (primary N) is 1. The van der Waals surface area contributed by atoms with E-state index in [1.54, 1.807) is 20.2 Å². The molecule has 0 atom stereocenters. The van der Waals surface area contributed by atoms with Crippen LogP contribution in [-0.2, 0) is 74.1 Å². The van der Waals surface area contributed by atoms with Gasteiger partial charge in [-0.05, 0) is 200 Å². The molecule has 488 valence electrons. The Bertz CT molecular complexity index is 3300. The van der Waals surface area contributed by atoms with Crippen molar-refractivity contribution in [3.05, 3.63) is 190 Å². The Morgan fingerprint density at radius 2 is 0.901 bits per heavy atom. The van der Waals surface area contributed by atoms with Gasteiger partial charge in [0.25, 0.3) is 11.1 Å². The van der Waals surface area contributed by atoms with Gasteiger partial charge in [0.2, 0.25) is 0 Å². The molecule has 4 aromatic carbocycles. The molecule has 4 aliphatic rings. The van der Waals surface area contributed by atoms with Gasteiger partial charge in [-0.15, -0.1) is 0 Å². The number of aromatic nitrogens is 4. The van der Waals surface area contributed by atoms with Crippen LogP contribution in [0.4, 0.5) is 5.82 Å². The molecule has 10 rings (SSSR count). The second-order valence-corrected chi connectivity index (χ2v) is 24.6. The number of carbonyl (C=O) groups is 4. The molecule has 4 aliphatic heterocycles. The van der Waals surface area contributed by atoms with Crippen LogP contribution < -0.4 is 56.8 Å². The SMILES string of the molecule is CCOC(=O)C1CCN(Cc2cccc(Cl)c2)CC1.CCOC(=O)C1CCNCC1.Clc1cccc(CBr)c1.Cn1nc(CC(=O)C2CCN(Cc3cccc(Cl)c3)CC2)ccc1=O.Cn1nc(N)ccc1=O.O=C([O-])C1CCN(Cc2cccc(Cl)c2)CC1.[Na+]. The smallest absolute Gasteiger partial charge is 0.550 e. The third-order valence-electron chi connectivity index (χ3n) is 15.4. The van der Waals surface area contributed by atoms with E-state index < -0.39 is 5.97 Å². The molecule has 0 saturated carbocycles. The maximum absolute atomic E-state index is 12.5. The number of rotatable bonds is 15. The number of alkyl halides is 1. The summed E-state index contributed by atoms with van der Waals surface area (Å²) in [6.45, 7) is 14.5. The maximum atomic E-state index is 12.5. The zero-order valence-electron chi connectivity index (χ0n) is 52.9. The minimum Gasteiger partial charge on any atom is -0.550 e. The summed E-state index contributed by atoms with van der Waals surface area (Å²) in [5.74, 6) is -0.357. The van der Waals surface area contributed by atoms with Crippen molar-refractivity contribution in [2.75, 3.05) is 71.3 Å². The van der Waals surface area contributed by atoms with Crippen molar-refractivity contribution in [2.24, 2.45) is 37.8 Å². The van der Waals surface area contributed by atoms with E-state index in [4.69, 9.17) is 61.6 Å². The number of anilines is 1. The number of likely N-dealkylation sites (tertiary alicyclic amines) is 3. The average molecular weight is 1410 g/mol. The summed E-state index contributed by atoms with van der Waals surface area (Å²) in [7, 11) is 3.16. The first-order valence-electron chi connectivity index (χ1n) is 30.5. The number of ether oxygens (including phenoxy) is 2. The summed E-state index contributed by atoms with van der Waals surface area (Å²) in [5.41, 5.74) is 10.4. The standard InChI is InChI=1S/C19H22ClN3O2.C15H20ClNO2.C13H16ClNO2.C8H15NO2.C7H6BrCl.C5H7N3O.Na/c1-22-19(25)6-5-17(21-22)12-18(24)15-7-9-23(10-8-15)13-14-3-2-4-16(20)11-14;1-2-19-15(18)13-6-8-17(9-7-13)11-12-4-3-5-14(16)10-12;14-12-3-1-2-10(8-12)9-15-6-4-11(5-7-15)13(16)17;1-2-11-8(10)7-3-5-9-6-4-7;8-5-6-2-1-3-7(9)4-6;1-8-5(9)3-2-4(6)7-8;/h2-6,11,15H,7-10,12-13H2,1H3;3-5,10,13H,2,6-9,11H2,1H3;1-3,8,11H,4-7,9H2,(H,16,17);7,9H,2-6H2,1H3;1-4H,5H2;2-3H,1H3,(H2,6,7);/q;;;;;;+1/p-1. The van der Waals surface area contributed by atoms with Crippen LogP contribution in [-0.4, -0.2) is 124 Å². The van der Waals surface area contributed by atoms with Gasteiger partial charge in [0, 0.05) is 89.1 Å². The number of ketones is 1. The molecule has 91 heavy (non-hydrogen) atoms. The van der Waals surface area contributed by atoms with Gasteiger partial charge < -0.3 is 30.4 Å². The van der Waals surface area contributed by atoms with E-state index in [1.807, 2.05) is 98.8 Å². The molecule has 2 aromatic heterocycles. The van der Waals surface area contributed by atoms with Gasteiger partial charge >= 0.3 is 41.5 Å². The van der Waals surface area contributed by atoms with Crippen molar-refractivity contribution in [3.63, 3.8) is 0 Å². The Morgan fingerprint density at radius 1 is 0.538 bits per heavy atom. The third kappa shape index (κ3) is 30.3. The van der Waals surface area contributed by atoms with Crippen molar-refractivity contribution in [3.8, 4) is 0 Å². The number of benzene rings is 4. The Morgan fingerprint density at radius 3 is 1.25 bits per heavy atom. The number of carboxylic acid groups (broad SMARTS) is 1. The molecule has 18 nitrogen and oxygen atoms in total. The van der Waals surface area contributed by atoms with E-state index in [-0.39, 0.29) is 82.1 Å². The summed E-state index contributed by atoms with van der Waals surface area (Å²) < 4.78 is 12.5. The molecule has 0 bridgehead atoms. The van der Waals surface area contributed by atoms with Crippen LogP contribution in [0.1, 0.15) is 93.2 Å². The van der Waals surface area contributed by atoms with Gasteiger partial charge in [-0.1, -0.05) is 111 Å². The van der Waals surface area contributed by atoms with E-state index in [9.17, 15) is 33.9 Å². The number of Topliss-reactive ketones (excluding diaryl/α,β-unsaturated/α-hetero) is 1. The van der Waals surface area contributed by atoms with E-state index in [0.29, 0.717) is 44.0 Å². The Kier molecular flexibility index (Phi) is 37.1. The Hall–Kier alpha value is -5.00. The summed E-state index contributed by atoms with van der Waals surface area (Å²) in [6, 6.07) is 37.4. The number of nitrogens with one attached hydrogen (secondary N) is 1. The number of carboxylic acids is 1. The first kappa shape index (κ1) is 78.4. The fraction of sp³-hybridized carbons (Fsp3) is 0.463. The summed E-state index contributed by atoms with van der Waals surface area (Å²) in [6.07, 6.45) is 7.03. The largest absolute Gasteiger partial charge is 1.00 e. The summed E-state index contributed by atoms with van der Waals surface area (Å²) in [5, 5.41) is 25.7. The van der Waals surface area contributed by atoms with Gasteiger partial charge in [0.1, 0.15) is 11.6 Å². The zero-order chi connectivity index (χ0) is 65.4. The minimum absolute atomic E-state index is 0. The number of piperidine rings is 4. The van der Waals surface area contributed by atoms with Gasteiger partial charge in [-0.2, -0.15) is 10.2 Å². The number of nitrogens with zero attached hydrogens (tertiary/aromatic N) is 7. The summed E-state index contributed by atoms with van der Waals surface area (Å²) >= 11 is 27.0. The molecule has 0 radical (unpaired) electrons. The van der Waals surface area contributed by atoms with E-state index in [1.165, 1.54) is 49.8 Å². The molecule has 6 heterocycles. The maximum Gasteiger partial charge on any atom is 1.00 e. The first-order valence-corrected chi connectivity index (χ1v) is 33.2. The number of halogens is 5. The van der Waals surface area contributed by atoms with Crippen LogP contribution in [0.5, 0.6) is 0 Å². The van der Waals surface area contributed by atoms with E-state index in [0.717, 1.165) is 136 Å². The molecule has 0 unspecified atom stereocenters. The normalized spacial score (nSPS) is 15.7. The fourth-order valence-corrected chi connectivity index (χ4v) is 11.6. The molecule has 0 amide bonds. The fourth-order valence-electron chi connectivity index (χ4n) is 10.4. The molecule has 3 N–H and O–H groups in total. The quantitative estimate of drug-likeness (QED) is 0.0598. The van der Waals surface area contributed by atoms with Gasteiger partial charge in [0.05, 0.1) is 37.2 Å². The van der Waals surface area contributed by atoms with Crippen LogP contribution in [0, 0.1) is 23.7 Å². The number of hydrogen-bond donors (Lipinski definition) is 2. The van der Waals surface area contributed by atoms with Crippen molar-refractivity contribution in [1.29, 1.82) is 0 Å². The van der Waals surface area contributed by atoms with Crippen LogP contribution in [0.15, 0.2) is 131 Å². The monoisotopic (exact) mass is 1400 g/mol. The number of aliphatic carboxylic acids is 1. The molecule has 4 saturated heterocycles. The second-order valence-electron chi connectivity index (χ2n) is 22.3. The van der Waals surface area contributed by atoms with Crippen molar-refractivity contribution in [1.82, 2.24) is 39.6 Å². The van der Waals surface area contributed by atoms with Gasteiger partial charge in [0.15, 0.2) is 0 Å². The molecular formula is C67H85BrCl4N9NaO9. The molecule has 6 aromatic rings. The first-order chi connectivity index (χ1) is 43.2. The predicted molar refractivity (Wildman–Crippen MR) is 358 cm³/mol. The molecule has 0 aliphatic carbocycles. The Balaban J connectivity index is 0.000000242. The summed E-state index contributed by atoms with van der Waals surface area (Å²) in [4.78, 5) is 75.0. The van der Waals surface area contributed by atoms with Crippen molar-refractivity contribution in [2.45, 2.75) is 96.6 Å². The zero-order valence-corrected chi connectivity index (χ0v) is 59.5. The number of nitrogen functional groups attached to an aromatic ring is 1. The number of carbonyl (C=O) groups excluding carboxylic acids is 4. The minimum atomic E-state index is -0.910. The average Bonchev–Trinajstić information content (AvgIpc) is 3.66. The molecular weight excluding hydrogens is 1320 g/mol. The number of hydrogen-bond acceptors (Lipinski definition) is 16. The Labute approximate surface area is 585 Å². The predicted octanol–water partition coefficient (Wildman–Crippen LogP) is 7.03. The topological polar surface area (TPSA) is 227 Å². The van der Waals surface area contributed by atoms with Crippen molar-refractivity contribution >= 4 is 91.8 Å². The number of aryl methyl sites for hydroxylation is 2. The molecule has 0 spiro atoms. The van der Waals surface area contributed by atoms with Crippen LogP contribution in [0.3, 0.4) is 0 Å². The van der Waals surface area contributed by atoms with Crippen LogP contribution >= 0.6 is 62.3 Å². The number of esters is 2. The molecule has 24 heteroatoms. The van der Waals surface area contributed by atoms with E-state index in [2.05, 4.69) is 58.3 Å².